The fourth-order valence-corrected chi connectivity index (χ4v) is 2.46. The Morgan fingerprint density at radius 2 is 1.68 bits per heavy atom. The highest BCUT2D eigenvalue weighted by Crippen LogP contribution is 2.28. The van der Waals surface area contributed by atoms with Gasteiger partial charge in [-0.25, -0.2) is 0 Å². The molecule has 100 valence electrons. The molecule has 1 aliphatic heterocycles. The average Bonchev–Trinajstić information content (AvgIpc) is 2.34. The third-order valence-corrected chi connectivity index (χ3v) is 3.26. The maximum atomic E-state index is 8.95. The molecule has 0 amide bonds. The first-order valence-electron chi connectivity index (χ1n) is 6.33. The normalized spacial score (nSPS) is 16.4. The highest BCUT2D eigenvalue weighted by atomic mass is 15.3. The van der Waals surface area contributed by atoms with E-state index in [1.165, 1.54) is 0 Å². The molecule has 0 aliphatic carbocycles. The molecule has 19 heavy (non-hydrogen) atoms. The predicted octanol–water partition coefficient (Wildman–Crippen LogP) is 2.75. The molecule has 1 heterocycles. The second-order valence-corrected chi connectivity index (χ2v) is 4.85. The Labute approximate surface area is 115 Å². The van der Waals surface area contributed by atoms with Crippen molar-refractivity contribution < 1.29 is 0 Å². The molecule has 0 aromatic heterocycles. The second kappa shape index (κ2) is 6.22. The van der Waals surface area contributed by atoms with E-state index < -0.39 is 0 Å². The van der Waals surface area contributed by atoms with Gasteiger partial charge >= 0.3 is 0 Å². The van der Waals surface area contributed by atoms with Crippen molar-refractivity contribution in [2.24, 2.45) is 0 Å². The monoisotopic (exact) mass is 256 g/mol. The fraction of sp³-hybridized carbons (Fsp3) is 0.467. The van der Waals surface area contributed by atoms with Crippen molar-refractivity contribution in [3.05, 3.63) is 34.7 Å². The number of allylic oxidation sites excluding steroid dienone is 6. The van der Waals surface area contributed by atoms with Gasteiger partial charge in [0.25, 0.3) is 0 Å². The summed E-state index contributed by atoms with van der Waals surface area (Å²) in [5, 5.41) is 17.9. The maximum absolute atomic E-state index is 8.95. The Hall–Kier alpha value is -2.04. The molecule has 1 rings (SSSR count). The van der Waals surface area contributed by atoms with Crippen molar-refractivity contribution >= 4 is 0 Å². The van der Waals surface area contributed by atoms with Crippen LogP contribution in [0.15, 0.2) is 34.7 Å². The molecule has 0 spiro atoms. The van der Waals surface area contributed by atoms with Crippen LogP contribution in [0.5, 0.6) is 0 Å². The van der Waals surface area contributed by atoms with Gasteiger partial charge in [-0.2, -0.15) is 10.5 Å². The first-order valence-corrected chi connectivity index (χ1v) is 6.33. The Bertz CT molecular complexity index is 485. The molecule has 0 saturated carbocycles. The van der Waals surface area contributed by atoms with E-state index in [-0.39, 0.29) is 11.7 Å². The maximum Gasteiger partial charge on any atom is 0.137 e. The van der Waals surface area contributed by atoms with Gasteiger partial charge in [0.05, 0.1) is 6.17 Å². The standard InChI is InChI=1S/C15H20N4/c1-6-15(18(4)5)19-11(2)7-13(8-12(19)3)14(9-16)10-17/h7-8,15H,6H2,1-5H3. The summed E-state index contributed by atoms with van der Waals surface area (Å²) in [4.78, 5) is 4.40. The molecule has 0 aromatic carbocycles. The lowest BCUT2D eigenvalue weighted by atomic mass is 10.0. The number of nitriles is 2. The summed E-state index contributed by atoms with van der Waals surface area (Å²) in [7, 11) is 4.10. The summed E-state index contributed by atoms with van der Waals surface area (Å²) < 4.78 is 0. The van der Waals surface area contributed by atoms with E-state index in [1.54, 1.807) is 0 Å². The molecular weight excluding hydrogens is 236 g/mol. The molecule has 0 fully saturated rings. The summed E-state index contributed by atoms with van der Waals surface area (Å²) in [6.07, 6.45) is 5.08. The minimum atomic E-state index is 0.163. The first kappa shape index (κ1) is 15.0. The molecular formula is C15H20N4. The highest BCUT2D eigenvalue weighted by Gasteiger charge is 2.23. The van der Waals surface area contributed by atoms with Crippen LogP contribution < -0.4 is 0 Å². The SMILES string of the molecule is CCC(N(C)C)N1C(C)=CC(=C(C#N)C#N)C=C1C. The summed E-state index contributed by atoms with van der Waals surface area (Å²) in [5.74, 6) is 0. The van der Waals surface area contributed by atoms with Crippen LogP contribution in [0, 0.1) is 22.7 Å². The minimum Gasteiger partial charge on any atom is -0.333 e. The van der Waals surface area contributed by atoms with E-state index in [9.17, 15) is 0 Å². The molecule has 0 bridgehead atoms. The quantitative estimate of drug-likeness (QED) is 0.729. The largest absolute Gasteiger partial charge is 0.333 e. The summed E-state index contributed by atoms with van der Waals surface area (Å²) >= 11 is 0. The van der Waals surface area contributed by atoms with Crippen molar-refractivity contribution in [2.75, 3.05) is 14.1 Å². The van der Waals surface area contributed by atoms with E-state index in [1.807, 2.05) is 38.1 Å². The lowest BCUT2D eigenvalue weighted by Crippen LogP contribution is -2.43. The molecule has 0 aromatic rings. The molecule has 4 heteroatoms. The van der Waals surface area contributed by atoms with E-state index in [0.717, 1.165) is 17.8 Å². The third-order valence-electron chi connectivity index (χ3n) is 3.26. The lowest BCUT2D eigenvalue weighted by molar-refractivity contribution is 0.136. The van der Waals surface area contributed by atoms with Gasteiger partial charge in [0.1, 0.15) is 17.7 Å². The highest BCUT2D eigenvalue weighted by molar-refractivity contribution is 5.53. The number of hydrogen-bond donors (Lipinski definition) is 0. The van der Waals surface area contributed by atoms with Crippen LogP contribution in [-0.2, 0) is 0 Å². The number of nitrogens with zero attached hydrogens (tertiary/aromatic N) is 4. The molecule has 1 unspecified atom stereocenters. The molecule has 1 atom stereocenters. The Morgan fingerprint density at radius 1 is 1.21 bits per heavy atom. The Kier molecular flexibility index (Phi) is 4.92. The average molecular weight is 256 g/mol. The van der Waals surface area contributed by atoms with Crippen LogP contribution in [0.4, 0.5) is 0 Å². The van der Waals surface area contributed by atoms with Crippen molar-refractivity contribution in [1.82, 2.24) is 9.80 Å². The van der Waals surface area contributed by atoms with Gasteiger partial charge in [0, 0.05) is 17.0 Å². The summed E-state index contributed by atoms with van der Waals surface area (Å²) in [6.45, 7) is 6.16. The van der Waals surface area contributed by atoms with Crippen molar-refractivity contribution in [3.63, 3.8) is 0 Å². The second-order valence-electron chi connectivity index (χ2n) is 4.85. The van der Waals surface area contributed by atoms with Crippen molar-refractivity contribution in [3.8, 4) is 12.1 Å². The number of rotatable bonds is 3. The minimum absolute atomic E-state index is 0.163. The van der Waals surface area contributed by atoms with Gasteiger partial charge in [-0.1, -0.05) is 6.92 Å². The zero-order valence-corrected chi connectivity index (χ0v) is 12.2. The van der Waals surface area contributed by atoms with Gasteiger partial charge in [0.2, 0.25) is 0 Å². The van der Waals surface area contributed by atoms with E-state index >= 15 is 0 Å². The summed E-state index contributed by atoms with van der Waals surface area (Å²) in [6, 6.07) is 3.89. The zero-order chi connectivity index (χ0) is 14.6. The predicted molar refractivity (Wildman–Crippen MR) is 75.4 cm³/mol. The Morgan fingerprint density at radius 3 is 2.00 bits per heavy atom. The van der Waals surface area contributed by atoms with E-state index in [4.69, 9.17) is 10.5 Å². The molecule has 0 saturated heterocycles. The van der Waals surface area contributed by atoms with Crippen LogP contribution in [0.1, 0.15) is 27.2 Å². The summed E-state index contributed by atoms with van der Waals surface area (Å²) in [5.41, 5.74) is 2.97. The van der Waals surface area contributed by atoms with E-state index in [0.29, 0.717) is 5.57 Å². The zero-order valence-electron chi connectivity index (χ0n) is 12.2. The van der Waals surface area contributed by atoms with Crippen LogP contribution in [0.3, 0.4) is 0 Å². The van der Waals surface area contributed by atoms with Crippen molar-refractivity contribution in [1.29, 1.82) is 10.5 Å². The van der Waals surface area contributed by atoms with Gasteiger partial charge in [-0.15, -0.1) is 0 Å². The number of hydrogen-bond acceptors (Lipinski definition) is 4. The lowest BCUT2D eigenvalue weighted by Gasteiger charge is -2.40. The molecule has 4 nitrogen and oxygen atoms in total. The molecule has 0 radical (unpaired) electrons. The first-order chi connectivity index (χ1) is 8.96. The van der Waals surface area contributed by atoms with Crippen LogP contribution in [0.25, 0.3) is 0 Å². The van der Waals surface area contributed by atoms with Crippen LogP contribution in [0.2, 0.25) is 0 Å². The topological polar surface area (TPSA) is 54.1 Å². The van der Waals surface area contributed by atoms with Crippen LogP contribution in [-0.4, -0.2) is 30.1 Å². The van der Waals surface area contributed by atoms with Crippen molar-refractivity contribution in [2.45, 2.75) is 33.4 Å². The fourth-order valence-electron chi connectivity index (χ4n) is 2.46. The molecule has 1 aliphatic rings. The van der Waals surface area contributed by atoms with Gasteiger partial charge in [-0.05, 0) is 46.5 Å². The van der Waals surface area contributed by atoms with Crippen LogP contribution >= 0.6 is 0 Å². The van der Waals surface area contributed by atoms with E-state index in [2.05, 4.69) is 30.8 Å². The Balaban J connectivity index is 3.24. The third kappa shape index (κ3) is 3.05. The van der Waals surface area contributed by atoms with Gasteiger partial charge in [0.15, 0.2) is 0 Å². The van der Waals surface area contributed by atoms with Gasteiger partial charge in [-0.3, -0.25) is 4.90 Å². The molecule has 0 N–H and O–H groups in total. The smallest absolute Gasteiger partial charge is 0.137 e. The van der Waals surface area contributed by atoms with Gasteiger partial charge < -0.3 is 4.90 Å².